The second-order valence-corrected chi connectivity index (χ2v) is 10.6. The summed E-state index contributed by atoms with van der Waals surface area (Å²) in [5.74, 6) is 1.12. The van der Waals surface area contributed by atoms with Crippen LogP contribution >= 0.6 is 11.3 Å². The number of aryl methyl sites for hydroxylation is 2. The molecule has 1 aliphatic heterocycles. The lowest BCUT2D eigenvalue weighted by atomic mass is 10.00. The highest BCUT2D eigenvalue weighted by Gasteiger charge is 2.34. The summed E-state index contributed by atoms with van der Waals surface area (Å²) < 4.78 is 6.24. The summed E-state index contributed by atoms with van der Waals surface area (Å²) in [6.07, 6.45) is 1.83. The molecule has 1 aromatic carbocycles. The second kappa shape index (κ2) is 11.2. The number of amides is 2. The predicted octanol–water partition coefficient (Wildman–Crippen LogP) is 5.40. The molecule has 1 aliphatic rings. The molecular formula is C27H38N2O3S. The molecule has 6 heteroatoms. The van der Waals surface area contributed by atoms with Crippen LogP contribution in [0.3, 0.4) is 0 Å². The van der Waals surface area contributed by atoms with Crippen LogP contribution in [0.1, 0.15) is 61.7 Å². The number of nitrogens with zero attached hydrogens (tertiary/aromatic N) is 2. The molecule has 3 rings (SSSR count). The summed E-state index contributed by atoms with van der Waals surface area (Å²) in [4.78, 5) is 31.4. The third kappa shape index (κ3) is 6.17. The van der Waals surface area contributed by atoms with Crippen molar-refractivity contribution in [1.82, 2.24) is 9.80 Å². The van der Waals surface area contributed by atoms with E-state index in [0.717, 1.165) is 24.2 Å². The van der Waals surface area contributed by atoms with E-state index in [-0.39, 0.29) is 30.3 Å². The van der Waals surface area contributed by atoms with Crippen LogP contribution in [0.5, 0.6) is 5.75 Å². The fourth-order valence-electron chi connectivity index (χ4n) is 4.36. The number of hydrogen-bond acceptors (Lipinski definition) is 4. The van der Waals surface area contributed by atoms with E-state index < -0.39 is 0 Å². The fraction of sp³-hybridized carbons (Fsp3) is 0.556. The molecule has 0 saturated carbocycles. The average molecular weight is 471 g/mol. The van der Waals surface area contributed by atoms with E-state index in [1.807, 2.05) is 37.8 Å². The Hall–Kier alpha value is -2.34. The monoisotopic (exact) mass is 470 g/mol. The molecule has 2 atom stereocenters. The normalized spacial score (nSPS) is 16.5. The van der Waals surface area contributed by atoms with Gasteiger partial charge in [0.1, 0.15) is 12.4 Å². The van der Waals surface area contributed by atoms with Gasteiger partial charge in [-0.3, -0.25) is 9.59 Å². The average Bonchev–Trinajstić information content (AvgIpc) is 3.26. The molecule has 180 valence electrons. The maximum atomic E-state index is 13.6. The van der Waals surface area contributed by atoms with Crippen LogP contribution in [0.4, 0.5) is 0 Å². The highest BCUT2D eigenvalue weighted by atomic mass is 32.1. The van der Waals surface area contributed by atoms with Gasteiger partial charge in [0.05, 0.1) is 12.6 Å². The van der Waals surface area contributed by atoms with Crippen molar-refractivity contribution in [2.24, 2.45) is 11.8 Å². The standard InChI is InChI=1S/C27H38N2O3S/c1-7-19(4)15-28(27(31)18(2)3)16-26(30)29-12-10-25-22(11-13-33-25)23(29)17-32-24-9-8-20(5)14-21(24)6/h8-9,11,13-14,18-19,23H,7,10,12,15-17H2,1-6H3/t19-,23+/m1/s1. The Bertz CT molecular complexity index is 968. The van der Waals surface area contributed by atoms with Crippen molar-refractivity contribution < 1.29 is 14.3 Å². The summed E-state index contributed by atoms with van der Waals surface area (Å²) in [7, 11) is 0. The summed E-state index contributed by atoms with van der Waals surface area (Å²) in [5, 5.41) is 2.10. The van der Waals surface area contributed by atoms with Crippen molar-refractivity contribution >= 4 is 23.2 Å². The maximum Gasteiger partial charge on any atom is 0.242 e. The molecule has 2 aromatic rings. The van der Waals surface area contributed by atoms with Gasteiger partial charge in [-0.15, -0.1) is 11.3 Å². The van der Waals surface area contributed by atoms with E-state index in [9.17, 15) is 9.59 Å². The van der Waals surface area contributed by atoms with Crippen LogP contribution < -0.4 is 4.74 Å². The lowest BCUT2D eigenvalue weighted by molar-refractivity contribution is -0.144. The quantitative estimate of drug-likeness (QED) is 0.493. The van der Waals surface area contributed by atoms with Gasteiger partial charge in [-0.1, -0.05) is 51.8 Å². The van der Waals surface area contributed by atoms with Crippen LogP contribution in [0.2, 0.25) is 0 Å². The number of benzene rings is 1. The molecule has 0 N–H and O–H groups in total. The summed E-state index contributed by atoms with van der Waals surface area (Å²) in [6, 6.07) is 8.13. The van der Waals surface area contributed by atoms with Gasteiger partial charge in [-0.25, -0.2) is 0 Å². The van der Waals surface area contributed by atoms with Crippen LogP contribution in [0.25, 0.3) is 0 Å². The molecule has 0 radical (unpaired) electrons. The highest BCUT2D eigenvalue weighted by molar-refractivity contribution is 7.10. The first-order chi connectivity index (χ1) is 15.7. The van der Waals surface area contributed by atoms with Crippen LogP contribution in [0, 0.1) is 25.7 Å². The van der Waals surface area contributed by atoms with Gasteiger partial charge in [0.15, 0.2) is 0 Å². The van der Waals surface area contributed by atoms with Crippen molar-refractivity contribution in [3.63, 3.8) is 0 Å². The van der Waals surface area contributed by atoms with E-state index in [2.05, 4.69) is 38.3 Å². The van der Waals surface area contributed by atoms with E-state index >= 15 is 0 Å². The molecule has 1 aromatic heterocycles. The van der Waals surface area contributed by atoms with Gasteiger partial charge in [0.2, 0.25) is 11.8 Å². The van der Waals surface area contributed by atoms with Gasteiger partial charge >= 0.3 is 0 Å². The number of hydrogen-bond donors (Lipinski definition) is 0. The van der Waals surface area contributed by atoms with Gasteiger partial charge in [-0.2, -0.15) is 0 Å². The van der Waals surface area contributed by atoms with E-state index in [4.69, 9.17) is 4.74 Å². The Labute approximate surface area is 202 Å². The van der Waals surface area contributed by atoms with Crippen LogP contribution in [-0.2, 0) is 16.0 Å². The zero-order chi connectivity index (χ0) is 24.1. The van der Waals surface area contributed by atoms with Gasteiger partial charge in [0.25, 0.3) is 0 Å². The first-order valence-electron chi connectivity index (χ1n) is 12.1. The molecule has 5 nitrogen and oxygen atoms in total. The SMILES string of the molecule is CC[C@@H](C)CN(CC(=O)N1CCc2sccc2[C@@H]1COc1ccc(C)cc1C)C(=O)C(C)C. The Morgan fingerprint density at radius 2 is 1.97 bits per heavy atom. The number of thiophene rings is 1. The molecule has 0 spiro atoms. The van der Waals surface area contributed by atoms with Crippen molar-refractivity contribution in [3.8, 4) is 5.75 Å². The lowest BCUT2D eigenvalue weighted by Crippen LogP contribution is -2.49. The van der Waals surface area contributed by atoms with Gasteiger partial charge in [-0.05, 0) is 54.8 Å². The molecule has 0 fully saturated rings. The predicted molar refractivity (Wildman–Crippen MR) is 135 cm³/mol. The van der Waals surface area contributed by atoms with Crippen molar-refractivity contribution in [2.75, 3.05) is 26.2 Å². The minimum absolute atomic E-state index is 0.00150. The fourth-order valence-corrected chi connectivity index (χ4v) is 5.29. The third-order valence-corrected chi connectivity index (χ3v) is 7.50. The van der Waals surface area contributed by atoms with Crippen molar-refractivity contribution in [1.29, 1.82) is 0 Å². The first kappa shape index (κ1) is 25.3. The lowest BCUT2D eigenvalue weighted by Gasteiger charge is -2.37. The van der Waals surface area contributed by atoms with Gasteiger partial charge in [0, 0.05) is 23.9 Å². The molecule has 0 aliphatic carbocycles. The highest BCUT2D eigenvalue weighted by Crippen LogP contribution is 2.34. The Morgan fingerprint density at radius 1 is 1.21 bits per heavy atom. The maximum absolute atomic E-state index is 13.6. The molecule has 0 saturated heterocycles. The summed E-state index contributed by atoms with van der Waals surface area (Å²) in [6.45, 7) is 14.0. The molecule has 2 heterocycles. The molecule has 0 unspecified atom stereocenters. The number of ether oxygens (including phenoxy) is 1. The summed E-state index contributed by atoms with van der Waals surface area (Å²) in [5.41, 5.74) is 3.47. The zero-order valence-corrected chi connectivity index (χ0v) is 21.7. The minimum atomic E-state index is -0.146. The van der Waals surface area contributed by atoms with E-state index in [1.165, 1.54) is 16.0 Å². The Balaban J connectivity index is 1.79. The smallest absolute Gasteiger partial charge is 0.242 e. The zero-order valence-electron chi connectivity index (χ0n) is 20.9. The molecule has 33 heavy (non-hydrogen) atoms. The van der Waals surface area contributed by atoms with Crippen molar-refractivity contribution in [3.05, 3.63) is 51.2 Å². The molecular weight excluding hydrogens is 432 g/mol. The summed E-state index contributed by atoms with van der Waals surface area (Å²) >= 11 is 1.75. The number of rotatable bonds is 9. The van der Waals surface area contributed by atoms with Gasteiger partial charge < -0.3 is 14.5 Å². The van der Waals surface area contributed by atoms with Crippen LogP contribution in [-0.4, -0.2) is 47.9 Å². The first-order valence-corrected chi connectivity index (χ1v) is 12.9. The van der Waals surface area contributed by atoms with Crippen LogP contribution in [0.15, 0.2) is 29.6 Å². The molecule has 2 amide bonds. The Morgan fingerprint density at radius 3 is 2.64 bits per heavy atom. The third-order valence-electron chi connectivity index (χ3n) is 6.50. The topological polar surface area (TPSA) is 49.9 Å². The number of carbonyl (C=O) groups is 2. The number of carbonyl (C=O) groups excluding carboxylic acids is 2. The van der Waals surface area contributed by atoms with E-state index in [1.54, 1.807) is 16.2 Å². The minimum Gasteiger partial charge on any atom is -0.491 e. The number of fused-ring (bicyclic) bond motifs is 1. The Kier molecular flexibility index (Phi) is 8.57. The van der Waals surface area contributed by atoms with E-state index in [0.29, 0.717) is 25.6 Å². The van der Waals surface area contributed by atoms with Crippen molar-refractivity contribution in [2.45, 2.75) is 60.4 Å². The largest absolute Gasteiger partial charge is 0.491 e. The second-order valence-electron chi connectivity index (χ2n) is 9.62. The molecule has 0 bridgehead atoms.